The zero-order valence-electron chi connectivity index (χ0n) is 12.6. The van der Waals surface area contributed by atoms with E-state index >= 15 is 0 Å². The van der Waals surface area contributed by atoms with Gasteiger partial charge < -0.3 is 14.4 Å². The molecule has 0 spiro atoms. The third-order valence-electron chi connectivity index (χ3n) is 3.79. The number of anilines is 1. The number of hydrogen-bond acceptors (Lipinski definition) is 5. The van der Waals surface area contributed by atoms with E-state index in [0.717, 1.165) is 6.26 Å². The van der Waals surface area contributed by atoms with E-state index in [1.165, 1.54) is 10.4 Å². The average Bonchev–Trinajstić information content (AvgIpc) is 2.53. The molecule has 2 aliphatic heterocycles. The molecule has 0 aliphatic carbocycles. The number of hydrogen-bond donors (Lipinski definition) is 0. The molecule has 1 saturated heterocycles. The molecule has 0 aromatic heterocycles. The molecule has 0 radical (unpaired) electrons. The van der Waals surface area contributed by atoms with Crippen LogP contribution in [0.3, 0.4) is 0 Å². The molecule has 1 unspecified atom stereocenters. The van der Waals surface area contributed by atoms with E-state index in [1.807, 2.05) is 0 Å². The van der Waals surface area contributed by atoms with Crippen LogP contribution in [-0.4, -0.2) is 64.4 Å². The fraction of sp³-hybridized carbons (Fsp3) is 0.500. The third-order valence-corrected chi connectivity index (χ3v) is 5.17. The van der Waals surface area contributed by atoms with E-state index in [1.54, 1.807) is 17.0 Å². The van der Waals surface area contributed by atoms with Gasteiger partial charge in [-0.2, -0.15) is 0 Å². The molecule has 1 aromatic carbocycles. The lowest BCUT2D eigenvalue weighted by Gasteiger charge is -2.37. The van der Waals surface area contributed by atoms with E-state index in [4.69, 9.17) is 21.1 Å². The SMILES string of the molecule is CS(=O)(=O)N1CC(C(=O)N2CCOCC2)Oc2ccc(Cl)cc21. The summed E-state index contributed by atoms with van der Waals surface area (Å²) in [7, 11) is -3.55. The zero-order chi connectivity index (χ0) is 16.6. The smallest absolute Gasteiger partial charge is 0.265 e. The molecule has 126 valence electrons. The molecule has 9 heteroatoms. The largest absolute Gasteiger partial charge is 0.476 e. The highest BCUT2D eigenvalue weighted by atomic mass is 35.5. The normalized spacial score (nSPS) is 21.6. The lowest BCUT2D eigenvalue weighted by atomic mass is 10.2. The Morgan fingerprint density at radius 3 is 2.65 bits per heavy atom. The maximum Gasteiger partial charge on any atom is 0.265 e. The molecule has 0 bridgehead atoms. The minimum absolute atomic E-state index is 0.0671. The van der Waals surface area contributed by atoms with Crippen molar-refractivity contribution in [2.24, 2.45) is 0 Å². The van der Waals surface area contributed by atoms with Crippen LogP contribution in [0.1, 0.15) is 0 Å². The first-order chi connectivity index (χ1) is 10.9. The van der Waals surface area contributed by atoms with Crippen molar-refractivity contribution in [2.45, 2.75) is 6.10 Å². The van der Waals surface area contributed by atoms with Gasteiger partial charge in [0.15, 0.2) is 6.10 Å². The second-order valence-corrected chi connectivity index (χ2v) is 7.79. The van der Waals surface area contributed by atoms with Gasteiger partial charge in [-0.3, -0.25) is 9.10 Å². The summed E-state index contributed by atoms with van der Waals surface area (Å²) in [4.78, 5) is 14.2. The van der Waals surface area contributed by atoms with Crippen molar-refractivity contribution in [3.63, 3.8) is 0 Å². The fourth-order valence-electron chi connectivity index (χ4n) is 2.65. The lowest BCUT2D eigenvalue weighted by Crippen LogP contribution is -2.53. The molecular weight excluding hydrogens is 344 g/mol. The summed E-state index contributed by atoms with van der Waals surface area (Å²) in [5.74, 6) is 0.0974. The first-order valence-corrected chi connectivity index (χ1v) is 9.39. The van der Waals surface area contributed by atoms with Crippen molar-refractivity contribution < 1.29 is 22.7 Å². The predicted octanol–water partition coefficient (Wildman–Crippen LogP) is 0.726. The Balaban J connectivity index is 1.91. The highest BCUT2D eigenvalue weighted by Crippen LogP contribution is 2.37. The molecule has 2 aliphatic rings. The maximum atomic E-state index is 12.6. The first kappa shape index (κ1) is 16.4. The van der Waals surface area contributed by atoms with Gasteiger partial charge in [-0.15, -0.1) is 0 Å². The van der Waals surface area contributed by atoms with E-state index in [0.29, 0.717) is 42.8 Å². The van der Waals surface area contributed by atoms with Gasteiger partial charge in [-0.05, 0) is 18.2 Å². The zero-order valence-corrected chi connectivity index (χ0v) is 14.1. The van der Waals surface area contributed by atoms with Crippen LogP contribution in [-0.2, 0) is 19.6 Å². The number of carbonyl (C=O) groups is 1. The molecule has 1 atom stereocenters. The summed E-state index contributed by atoms with van der Waals surface area (Å²) in [5, 5.41) is 0.402. The van der Waals surface area contributed by atoms with Gasteiger partial charge in [-0.25, -0.2) is 8.42 Å². The Morgan fingerprint density at radius 2 is 2.00 bits per heavy atom. The molecule has 0 N–H and O–H groups in total. The number of fused-ring (bicyclic) bond motifs is 1. The van der Waals surface area contributed by atoms with E-state index < -0.39 is 16.1 Å². The second-order valence-electron chi connectivity index (χ2n) is 5.45. The quantitative estimate of drug-likeness (QED) is 0.777. The van der Waals surface area contributed by atoms with Crippen molar-refractivity contribution in [3.05, 3.63) is 23.2 Å². The Kier molecular flexibility index (Phi) is 4.39. The molecule has 7 nitrogen and oxygen atoms in total. The van der Waals surface area contributed by atoms with Gasteiger partial charge in [0.1, 0.15) is 5.75 Å². The van der Waals surface area contributed by atoms with Gasteiger partial charge in [0, 0.05) is 18.1 Å². The molecule has 0 saturated carbocycles. The van der Waals surface area contributed by atoms with Crippen LogP contribution in [0.5, 0.6) is 5.75 Å². The van der Waals surface area contributed by atoms with Gasteiger partial charge >= 0.3 is 0 Å². The van der Waals surface area contributed by atoms with Crippen molar-refractivity contribution in [1.29, 1.82) is 0 Å². The molecule has 2 heterocycles. The number of rotatable bonds is 2. The predicted molar refractivity (Wildman–Crippen MR) is 85.5 cm³/mol. The minimum Gasteiger partial charge on any atom is -0.476 e. The minimum atomic E-state index is -3.55. The van der Waals surface area contributed by atoms with Crippen LogP contribution < -0.4 is 9.04 Å². The van der Waals surface area contributed by atoms with Crippen LogP contribution in [0.4, 0.5) is 5.69 Å². The van der Waals surface area contributed by atoms with Gasteiger partial charge in [0.2, 0.25) is 10.0 Å². The van der Waals surface area contributed by atoms with Gasteiger partial charge in [0.25, 0.3) is 5.91 Å². The summed E-state index contributed by atoms with van der Waals surface area (Å²) in [5.41, 5.74) is 0.353. The fourth-order valence-corrected chi connectivity index (χ4v) is 3.73. The second kappa shape index (κ2) is 6.18. The Bertz CT molecular complexity index is 718. The van der Waals surface area contributed by atoms with Crippen LogP contribution in [0.25, 0.3) is 0 Å². The molecule has 1 fully saturated rings. The number of carbonyl (C=O) groups excluding carboxylic acids is 1. The number of benzene rings is 1. The van der Waals surface area contributed by atoms with E-state index in [-0.39, 0.29) is 12.5 Å². The van der Waals surface area contributed by atoms with Crippen LogP contribution in [0.15, 0.2) is 18.2 Å². The van der Waals surface area contributed by atoms with Crippen molar-refractivity contribution in [2.75, 3.05) is 43.4 Å². The number of sulfonamides is 1. The highest BCUT2D eigenvalue weighted by molar-refractivity contribution is 7.92. The Labute approximate surface area is 139 Å². The number of morpholine rings is 1. The summed E-state index contributed by atoms with van der Waals surface area (Å²) < 4.78 is 36.3. The maximum absolute atomic E-state index is 12.6. The van der Waals surface area contributed by atoms with Gasteiger partial charge in [0.05, 0.1) is 31.7 Å². The summed E-state index contributed by atoms with van der Waals surface area (Å²) in [6.45, 7) is 1.83. The monoisotopic (exact) mass is 360 g/mol. The van der Waals surface area contributed by atoms with Crippen molar-refractivity contribution in [1.82, 2.24) is 4.90 Å². The molecule has 23 heavy (non-hydrogen) atoms. The molecule has 1 amide bonds. The molecule has 3 rings (SSSR count). The van der Waals surface area contributed by atoms with Crippen LogP contribution in [0.2, 0.25) is 5.02 Å². The Morgan fingerprint density at radius 1 is 1.30 bits per heavy atom. The number of halogens is 1. The standard InChI is InChI=1S/C14H17ClN2O5S/c1-23(19,20)17-9-13(14(18)16-4-6-21-7-5-16)22-12-3-2-10(15)8-11(12)17/h2-3,8,13H,4-7,9H2,1H3. The lowest BCUT2D eigenvalue weighted by molar-refractivity contribution is -0.142. The highest BCUT2D eigenvalue weighted by Gasteiger charge is 2.37. The molecular formula is C14H17ClN2O5S. The van der Waals surface area contributed by atoms with Crippen molar-refractivity contribution >= 4 is 33.2 Å². The first-order valence-electron chi connectivity index (χ1n) is 7.17. The topological polar surface area (TPSA) is 76.2 Å². The van der Waals surface area contributed by atoms with Crippen LogP contribution in [0, 0.1) is 0 Å². The average molecular weight is 361 g/mol. The molecule has 1 aromatic rings. The third kappa shape index (κ3) is 3.39. The number of nitrogens with zero attached hydrogens (tertiary/aromatic N) is 2. The number of amides is 1. The summed E-state index contributed by atoms with van der Waals surface area (Å²) in [6, 6.07) is 4.70. The summed E-state index contributed by atoms with van der Waals surface area (Å²) >= 11 is 5.95. The van der Waals surface area contributed by atoms with E-state index in [2.05, 4.69) is 0 Å². The van der Waals surface area contributed by atoms with E-state index in [9.17, 15) is 13.2 Å². The van der Waals surface area contributed by atoms with Crippen LogP contribution >= 0.6 is 11.6 Å². The summed E-state index contributed by atoms with van der Waals surface area (Å²) in [6.07, 6.45) is 0.218. The van der Waals surface area contributed by atoms with Crippen molar-refractivity contribution in [3.8, 4) is 5.75 Å². The Hall–Kier alpha value is -1.51. The number of ether oxygens (including phenoxy) is 2. The van der Waals surface area contributed by atoms with Gasteiger partial charge in [-0.1, -0.05) is 11.6 Å².